The van der Waals surface area contributed by atoms with Crippen LogP contribution in [0.1, 0.15) is 0 Å². The number of nitro benzene ring substituents is 1. The van der Waals surface area contributed by atoms with Crippen molar-refractivity contribution in [2.24, 2.45) is 0 Å². The molecular weight excluding hydrogens is 260 g/mol. The molecular formula is C9H8N4O4S. The molecule has 2 aromatic rings. The highest BCUT2D eigenvalue weighted by Gasteiger charge is 2.16. The van der Waals surface area contributed by atoms with Crippen LogP contribution in [-0.2, 0) is 10.0 Å². The lowest BCUT2D eigenvalue weighted by molar-refractivity contribution is -0.384. The van der Waals surface area contributed by atoms with E-state index in [1.54, 1.807) is 0 Å². The van der Waals surface area contributed by atoms with Gasteiger partial charge in [0, 0.05) is 12.1 Å². The second-order valence-corrected chi connectivity index (χ2v) is 4.98. The number of anilines is 1. The molecule has 2 N–H and O–H groups in total. The number of sulfonamides is 1. The molecule has 94 valence electrons. The zero-order chi connectivity index (χ0) is 13.2. The minimum Gasteiger partial charge on any atom is -0.278 e. The fourth-order valence-corrected chi connectivity index (χ4v) is 2.25. The fraction of sp³-hybridized carbons (Fsp3) is 0. The summed E-state index contributed by atoms with van der Waals surface area (Å²) >= 11 is 0. The van der Waals surface area contributed by atoms with Crippen molar-refractivity contribution >= 4 is 21.4 Å². The van der Waals surface area contributed by atoms with Crippen LogP contribution in [0.4, 0.5) is 11.4 Å². The van der Waals surface area contributed by atoms with Crippen molar-refractivity contribution in [2.45, 2.75) is 5.03 Å². The van der Waals surface area contributed by atoms with Gasteiger partial charge >= 0.3 is 0 Å². The summed E-state index contributed by atoms with van der Waals surface area (Å²) in [5.74, 6) is 0. The number of non-ortho nitro benzene ring substituents is 1. The molecule has 1 aromatic heterocycles. The molecule has 18 heavy (non-hydrogen) atoms. The van der Waals surface area contributed by atoms with Gasteiger partial charge in [-0.25, -0.2) is 0 Å². The number of hydrogen-bond donors (Lipinski definition) is 2. The number of aromatic amines is 1. The average molecular weight is 268 g/mol. The number of rotatable bonds is 4. The summed E-state index contributed by atoms with van der Waals surface area (Å²) in [6, 6.07) is 6.49. The van der Waals surface area contributed by atoms with E-state index in [0.29, 0.717) is 0 Å². The molecule has 0 aliphatic carbocycles. The maximum atomic E-state index is 11.8. The molecule has 0 unspecified atom stereocenters. The highest BCUT2D eigenvalue weighted by molar-refractivity contribution is 7.92. The van der Waals surface area contributed by atoms with Gasteiger partial charge in [0.2, 0.25) is 0 Å². The molecule has 0 spiro atoms. The van der Waals surface area contributed by atoms with Crippen LogP contribution < -0.4 is 4.72 Å². The Hall–Kier alpha value is -2.42. The molecule has 0 aliphatic rings. The Balaban J connectivity index is 2.30. The van der Waals surface area contributed by atoms with Gasteiger partial charge in [0.1, 0.15) is 0 Å². The molecule has 8 nitrogen and oxygen atoms in total. The highest BCUT2D eigenvalue weighted by atomic mass is 32.2. The van der Waals surface area contributed by atoms with E-state index in [-0.39, 0.29) is 16.4 Å². The molecule has 1 aromatic carbocycles. The predicted molar refractivity (Wildman–Crippen MR) is 62.5 cm³/mol. The van der Waals surface area contributed by atoms with Gasteiger partial charge in [0.25, 0.3) is 15.7 Å². The number of benzene rings is 1. The first-order chi connectivity index (χ1) is 8.49. The first kappa shape index (κ1) is 12.0. The van der Waals surface area contributed by atoms with Gasteiger partial charge in [-0.05, 0) is 12.1 Å². The monoisotopic (exact) mass is 268 g/mol. The molecule has 0 bridgehead atoms. The topological polar surface area (TPSA) is 118 Å². The van der Waals surface area contributed by atoms with Gasteiger partial charge < -0.3 is 0 Å². The molecule has 0 saturated carbocycles. The molecule has 9 heteroatoms. The summed E-state index contributed by atoms with van der Waals surface area (Å²) in [7, 11) is -3.80. The maximum absolute atomic E-state index is 11.8. The molecule has 0 amide bonds. The van der Waals surface area contributed by atoms with E-state index in [2.05, 4.69) is 14.9 Å². The van der Waals surface area contributed by atoms with Gasteiger partial charge in [0.15, 0.2) is 5.03 Å². The molecule has 0 fully saturated rings. The van der Waals surface area contributed by atoms with E-state index in [1.807, 2.05) is 0 Å². The van der Waals surface area contributed by atoms with Gasteiger partial charge in [-0.2, -0.15) is 13.5 Å². The molecule has 0 saturated heterocycles. The van der Waals surface area contributed by atoms with E-state index in [4.69, 9.17) is 0 Å². The van der Waals surface area contributed by atoms with Crippen molar-refractivity contribution in [2.75, 3.05) is 4.72 Å². The lowest BCUT2D eigenvalue weighted by Gasteiger charge is -2.05. The average Bonchev–Trinajstić information content (AvgIpc) is 2.82. The standard InChI is InChI=1S/C9H8N4O4S/c14-13(15)8-3-1-2-7(6-8)12-18(16,17)9-4-5-10-11-9/h1-6,12H,(H,10,11). The number of hydrogen-bond acceptors (Lipinski definition) is 5. The zero-order valence-corrected chi connectivity index (χ0v) is 9.72. The predicted octanol–water partition coefficient (Wildman–Crippen LogP) is 1.12. The normalized spacial score (nSPS) is 11.1. The third kappa shape index (κ3) is 2.46. The molecule has 0 atom stereocenters. The van der Waals surface area contributed by atoms with E-state index in [0.717, 1.165) is 6.07 Å². The van der Waals surface area contributed by atoms with Crippen LogP contribution in [0, 0.1) is 10.1 Å². The van der Waals surface area contributed by atoms with Gasteiger partial charge in [-0.3, -0.25) is 19.9 Å². The van der Waals surface area contributed by atoms with Crippen molar-refractivity contribution in [1.29, 1.82) is 0 Å². The molecule has 0 radical (unpaired) electrons. The van der Waals surface area contributed by atoms with Crippen LogP contribution in [-0.4, -0.2) is 23.5 Å². The Bertz CT molecular complexity index is 666. The third-order valence-corrected chi connectivity index (χ3v) is 3.38. The summed E-state index contributed by atoms with van der Waals surface area (Å²) in [5, 5.41) is 16.3. The van der Waals surface area contributed by atoms with Crippen LogP contribution in [0.15, 0.2) is 41.6 Å². The Morgan fingerprint density at radius 1 is 1.33 bits per heavy atom. The van der Waals surface area contributed by atoms with Crippen LogP contribution in [0.25, 0.3) is 0 Å². The van der Waals surface area contributed by atoms with Crippen molar-refractivity contribution in [3.63, 3.8) is 0 Å². The summed E-state index contributed by atoms with van der Waals surface area (Å²) in [6.07, 6.45) is 1.29. The number of aromatic nitrogens is 2. The molecule has 2 rings (SSSR count). The zero-order valence-electron chi connectivity index (χ0n) is 8.90. The molecule has 1 heterocycles. The van der Waals surface area contributed by atoms with Gasteiger partial charge in [-0.15, -0.1) is 0 Å². The van der Waals surface area contributed by atoms with E-state index < -0.39 is 14.9 Å². The van der Waals surface area contributed by atoms with E-state index in [1.165, 1.54) is 30.5 Å². The Labute approximate surface area is 102 Å². The minimum atomic E-state index is -3.80. The van der Waals surface area contributed by atoms with E-state index in [9.17, 15) is 18.5 Å². The summed E-state index contributed by atoms with van der Waals surface area (Å²) in [6.45, 7) is 0. The second kappa shape index (κ2) is 4.45. The summed E-state index contributed by atoms with van der Waals surface area (Å²) in [5.41, 5.74) is -0.0846. The first-order valence-corrected chi connectivity index (χ1v) is 6.24. The number of H-pyrrole nitrogens is 1. The second-order valence-electron chi connectivity index (χ2n) is 3.33. The number of nitrogens with one attached hydrogen (secondary N) is 2. The Morgan fingerprint density at radius 3 is 2.72 bits per heavy atom. The Morgan fingerprint density at radius 2 is 2.11 bits per heavy atom. The van der Waals surface area contributed by atoms with Crippen LogP contribution in [0.3, 0.4) is 0 Å². The minimum absolute atomic E-state index is 0.110. The number of nitro groups is 1. The largest absolute Gasteiger partial charge is 0.278 e. The van der Waals surface area contributed by atoms with Crippen molar-refractivity contribution in [3.05, 3.63) is 46.6 Å². The van der Waals surface area contributed by atoms with Crippen molar-refractivity contribution in [3.8, 4) is 0 Å². The lowest BCUT2D eigenvalue weighted by atomic mass is 10.3. The van der Waals surface area contributed by atoms with Crippen LogP contribution in [0.5, 0.6) is 0 Å². The highest BCUT2D eigenvalue weighted by Crippen LogP contribution is 2.19. The summed E-state index contributed by atoms with van der Waals surface area (Å²) in [4.78, 5) is 9.96. The fourth-order valence-electron chi connectivity index (χ4n) is 1.29. The molecule has 0 aliphatic heterocycles. The van der Waals surface area contributed by atoms with Crippen molar-refractivity contribution in [1.82, 2.24) is 10.2 Å². The lowest BCUT2D eigenvalue weighted by Crippen LogP contribution is -2.13. The van der Waals surface area contributed by atoms with Gasteiger partial charge in [-0.1, -0.05) is 6.07 Å². The smallest absolute Gasteiger partial charge is 0.278 e. The third-order valence-electron chi connectivity index (χ3n) is 2.07. The van der Waals surface area contributed by atoms with Crippen molar-refractivity contribution < 1.29 is 13.3 Å². The first-order valence-electron chi connectivity index (χ1n) is 4.76. The maximum Gasteiger partial charge on any atom is 0.278 e. The SMILES string of the molecule is O=[N+]([O-])c1cccc(NS(=O)(=O)c2ccn[nH]2)c1. The number of nitrogens with zero attached hydrogens (tertiary/aromatic N) is 2. The van der Waals surface area contributed by atoms with Crippen LogP contribution >= 0.6 is 0 Å². The quantitative estimate of drug-likeness (QED) is 0.636. The van der Waals surface area contributed by atoms with Crippen LogP contribution in [0.2, 0.25) is 0 Å². The summed E-state index contributed by atoms with van der Waals surface area (Å²) < 4.78 is 25.8. The Kier molecular flexibility index (Phi) is 2.98. The van der Waals surface area contributed by atoms with Gasteiger partial charge in [0.05, 0.1) is 16.8 Å². The van der Waals surface area contributed by atoms with E-state index >= 15 is 0 Å².